The zero-order valence-corrected chi connectivity index (χ0v) is 14.6. The zero-order valence-electron chi connectivity index (χ0n) is 14.6. The number of nitrogens with one attached hydrogen (secondary N) is 1. The molecule has 1 heterocycles. The lowest BCUT2D eigenvalue weighted by Gasteiger charge is -2.09. The molecule has 0 fully saturated rings. The van der Waals surface area contributed by atoms with E-state index in [9.17, 15) is 8.78 Å². The number of rotatable bonds is 5. The molecule has 1 atom stereocenters. The summed E-state index contributed by atoms with van der Waals surface area (Å²) in [5.41, 5.74) is 2.74. The highest BCUT2D eigenvalue weighted by atomic mass is 19.1. The molecular formula is C17H25F2N3O. The molecule has 0 amide bonds. The van der Waals surface area contributed by atoms with Crippen molar-refractivity contribution < 1.29 is 13.5 Å². The van der Waals surface area contributed by atoms with E-state index in [0.717, 1.165) is 11.3 Å². The molecule has 128 valence electrons. The van der Waals surface area contributed by atoms with Crippen molar-refractivity contribution in [3.8, 4) is 11.6 Å². The Bertz CT molecular complexity index is 639. The molecule has 0 aliphatic rings. The standard InChI is InChI=1S/C15H19F2N3O.C2H6/c1-5-18-13-6-12(17)7-14(8-13)20-10(3)9(2)15(19-20)21-11(4)16;1-2/h6-8,11,18H,5H2,1-4H3;1-2H3. The van der Waals surface area contributed by atoms with E-state index in [0.29, 0.717) is 17.9 Å². The molecule has 0 spiro atoms. The van der Waals surface area contributed by atoms with Crippen LogP contribution < -0.4 is 10.1 Å². The van der Waals surface area contributed by atoms with Gasteiger partial charge in [0.2, 0.25) is 12.2 Å². The van der Waals surface area contributed by atoms with E-state index in [1.165, 1.54) is 19.1 Å². The Kier molecular flexibility index (Phi) is 7.00. The molecule has 0 aliphatic carbocycles. The second-order valence-electron chi connectivity index (χ2n) is 4.82. The second-order valence-corrected chi connectivity index (χ2v) is 4.82. The second kappa shape index (κ2) is 8.50. The summed E-state index contributed by atoms with van der Waals surface area (Å²) in [5, 5.41) is 7.28. The van der Waals surface area contributed by atoms with Crippen molar-refractivity contribution in [2.75, 3.05) is 11.9 Å². The van der Waals surface area contributed by atoms with Crippen LogP contribution >= 0.6 is 0 Å². The van der Waals surface area contributed by atoms with Gasteiger partial charge in [-0.25, -0.2) is 13.5 Å². The van der Waals surface area contributed by atoms with Crippen LogP contribution in [0.25, 0.3) is 5.69 Å². The highest BCUT2D eigenvalue weighted by Crippen LogP contribution is 2.26. The number of anilines is 1. The molecule has 4 nitrogen and oxygen atoms in total. The van der Waals surface area contributed by atoms with E-state index >= 15 is 0 Å². The van der Waals surface area contributed by atoms with E-state index in [1.807, 2.05) is 27.7 Å². The van der Waals surface area contributed by atoms with Crippen molar-refractivity contribution in [3.05, 3.63) is 35.3 Å². The maximum atomic E-state index is 13.7. The molecule has 2 rings (SSSR count). The van der Waals surface area contributed by atoms with Crippen LogP contribution in [-0.4, -0.2) is 22.7 Å². The summed E-state index contributed by atoms with van der Waals surface area (Å²) in [6.07, 6.45) is -1.45. The van der Waals surface area contributed by atoms with E-state index in [-0.39, 0.29) is 11.7 Å². The maximum Gasteiger partial charge on any atom is 0.238 e. The van der Waals surface area contributed by atoms with Gasteiger partial charge in [0.15, 0.2) is 0 Å². The SMILES string of the molecule is CC.CCNc1cc(F)cc(-n2nc(OC(C)F)c(C)c2C)c1. The largest absolute Gasteiger partial charge is 0.442 e. The molecular weight excluding hydrogens is 300 g/mol. The van der Waals surface area contributed by atoms with Gasteiger partial charge in [-0.05, 0) is 39.0 Å². The zero-order chi connectivity index (χ0) is 17.6. The van der Waals surface area contributed by atoms with Gasteiger partial charge in [-0.2, -0.15) is 0 Å². The number of benzene rings is 1. The maximum absolute atomic E-state index is 13.7. The van der Waals surface area contributed by atoms with Crippen LogP contribution in [0.4, 0.5) is 14.5 Å². The van der Waals surface area contributed by atoms with Gasteiger partial charge in [0.25, 0.3) is 0 Å². The minimum atomic E-state index is -1.45. The molecule has 0 aliphatic heterocycles. The Hall–Kier alpha value is -2.11. The fourth-order valence-corrected chi connectivity index (χ4v) is 2.07. The molecule has 0 radical (unpaired) electrons. The van der Waals surface area contributed by atoms with Crippen LogP contribution in [0.2, 0.25) is 0 Å². The Morgan fingerprint density at radius 2 is 1.91 bits per heavy atom. The molecule has 1 aromatic carbocycles. The van der Waals surface area contributed by atoms with Crippen molar-refractivity contribution in [2.45, 2.75) is 47.9 Å². The number of alkyl halides is 1. The Morgan fingerprint density at radius 1 is 1.26 bits per heavy atom. The van der Waals surface area contributed by atoms with Gasteiger partial charge in [-0.3, -0.25) is 0 Å². The number of nitrogens with zero attached hydrogens (tertiary/aromatic N) is 2. The monoisotopic (exact) mass is 325 g/mol. The predicted octanol–water partition coefficient (Wildman–Crippen LogP) is 4.78. The predicted molar refractivity (Wildman–Crippen MR) is 89.7 cm³/mol. The summed E-state index contributed by atoms with van der Waals surface area (Å²) in [4.78, 5) is 0. The van der Waals surface area contributed by atoms with Gasteiger partial charge in [0.1, 0.15) is 5.82 Å². The highest BCUT2D eigenvalue weighted by Gasteiger charge is 2.16. The molecule has 23 heavy (non-hydrogen) atoms. The van der Waals surface area contributed by atoms with Gasteiger partial charge >= 0.3 is 0 Å². The van der Waals surface area contributed by atoms with Gasteiger partial charge in [-0.1, -0.05) is 13.8 Å². The Morgan fingerprint density at radius 3 is 2.48 bits per heavy atom. The third-order valence-corrected chi connectivity index (χ3v) is 3.15. The number of hydrogen-bond donors (Lipinski definition) is 1. The van der Waals surface area contributed by atoms with E-state index in [4.69, 9.17) is 4.74 Å². The number of aromatic nitrogens is 2. The fourth-order valence-electron chi connectivity index (χ4n) is 2.07. The minimum absolute atomic E-state index is 0.219. The number of halogens is 2. The third-order valence-electron chi connectivity index (χ3n) is 3.15. The van der Waals surface area contributed by atoms with Gasteiger partial charge in [0, 0.05) is 30.4 Å². The Balaban J connectivity index is 0.00000127. The van der Waals surface area contributed by atoms with E-state index in [1.54, 1.807) is 17.7 Å². The van der Waals surface area contributed by atoms with Gasteiger partial charge in [0.05, 0.1) is 5.69 Å². The lowest BCUT2D eigenvalue weighted by Crippen LogP contribution is -2.06. The average Bonchev–Trinajstić information content (AvgIpc) is 2.77. The minimum Gasteiger partial charge on any atom is -0.442 e. The average molecular weight is 325 g/mol. The normalized spacial score (nSPS) is 11.5. The summed E-state index contributed by atoms with van der Waals surface area (Å²) >= 11 is 0. The lowest BCUT2D eigenvalue weighted by molar-refractivity contribution is 0.0797. The van der Waals surface area contributed by atoms with Crippen LogP contribution in [0.3, 0.4) is 0 Å². The lowest BCUT2D eigenvalue weighted by atomic mass is 10.2. The van der Waals surface area contributed by atoms with Crippen LogP contribution in [0, 0.1) is 19.7 Å². The molecule has 1 aromatic heterocycles. The van der Waals surface area contributed by atoms with E-state index < -0.39 is 6.36 Å². The van der Waals surface area contributed by atoms with Crippen LogP contribution in [0.5, 0.6) is 5.88 Å². The smallest absolute Gasteiger partial charge is 0.238 e. The van der Waals surface area contributed by atoms with Crippen LogP contribution in [-0.2, 0) is 0 Å². The molecule has 6 heteroatoms. The van der Waals surface area contributed by atoms with Crippen molar-refractivity contribution in [3.63, 3.8) is 0 Å². The van der Waals surface area contributed by atoms with Crippen molar-refractivity contribution >= 4 is 5.69 Å². The molecule has 1 N–H and O–H groups in total. The van der Waals surface area contributed by atoms with Crippen molar-refractivity contribution in [2.24, 2.45) is 0 Å². The first kappa shape index (κ1) is 18.9. The van der Waals surface area contributed by atoms with Gasteiger partial charge in [-0.15, -0.1) is 5.10 Å². The first-order valence-electron chi connectivity index (χ1n) is 7.84. The third kappa shape index (κ3) is 4.68. The summed E-state index contributed by atoms with van der Waals surface area (Å²) in [6.45, 7) is 11.5. The summed E-state index contributed by atoms with van der Waals surface area (Å²) in [7, 11) is 0. The molecule has 0 saturated carbocycles. The Labute approximate surface area is 136 Å². The highest BCUT2D eigenvalue weighted by molar-refractivity contribution is 5.52. The number of hydrogen-bond acceptors (Lipinski definition) is 3. The van der Waals surface area contributed by atoms with Crippen molar-refractivity contribution in [1.29, 1.82) is 0 Å². The molecule has 2 aromatic rings. The molecule has 1 unspecified atom stereocenters. The first-order valence-corrected chi connectivity index (χ1v) is 7.84. The molecule has 0 saturated heterocycles. The number of ether oxygens (including phenoxy) is 1. The van der Waals surface area contributed by atoms with Crippen LogP contribution in [0.1, 0.15) is 39.0 Å². The summed E-state index contributed by atoms with van der Waals surface area (Å²) < 4.78 is 33.3. The quantitative estimate of drug-likeness (QED) is 0.860. The summed E-state index contributed by atoms with van der Waals surface area (Å²) in [5.74, 6) is -0.144. The van der Waals surface area contributed by atoms with Gasteiger partial charge < -0.3 is 10.1 Å². The topological polar surface area (TPSA) is 39.1 Å². The summed E-state index contributed by atoms with van der Waals surface area (Å²) in [6, 6.07) is 4.58. The first-order chi connectivity index (χ1) is 10.9. The van der Waals surface area contributed by atoms with E-state index in [2.05, 4.69) is 10.4 Å². The van der Waals surface area contributed by atoms with Crippen LogP contribution in [0.15, 0.2) is 18.2 Å². The fraction of sp³-hybridized carbons (Fsp3) is 0.471. The molecule has 0 bridgehead atoms. The van der Waals surface area contributed by atoms with Crippen molar-refractivity contribution in [1.82, 2.24) is 9.78 Å².